The lowest BCUT2D eigenvalue weighted by atomic mass is 9.55. The first-order valence-electron chi connectivity index (χ1n) is 4.21. The Morgan fingerprint density at radius 3 is 2.50 bits per heavy atom. The van der Waals surface area contributed by atoms with Crippen molar-refractivity contribution in [2.75, 3.05) is 13.1 Å². The van der Waals surface area contributed by atoms with Gasteiger partial charge in [-0.15, -0.1) is 0 Å². The lowest BCUT2D eigenvalue weighted by Gasteiger charge is -2.61. The van der Waals surface area contributed by atoms with E-state index >= 15 is 0 Å². The Morgan fingerprint density at radius 2 is 2.17 bits per heavy atom. The van der Waals surface area contributed by atoms with Gasteiger partial charge in [0.1, 0.15) is 0 Å². The van der Waals surface area contributed by atoms with Crippen LogP contribution >= 0.6 is 0 Å². The molecule has 0 unspecified atom stereocenters. The molecule has 1 spiro atoms. The van der Waals surface area contributed by atoms with E-state index in [2.05, 4.69) is 0 Å². The van der Waals surface area contributed by atoms with Gasteiger partial charge in [-0.25, -0.2) is 4.79 Å². The predicted octanol–water partition coefficient (Wildman–Crippen LogP) is 0.367. The number of rotatable bonds is 0. The SMILES string of the molecule is C[C@H]1[C@@H](O)CC12CN(C(=O)O)C2. The molecule has 0 aromatic rings. The van der Waals surface area contributed by atoms with Crippen LogP contribution < -0.4 is 0 Å². The molecule has 4 heteroatoms. The molecular formula is C8H13NO3. The van der Waals surface area contributed by atoms with Crippen molar-refractivity contribution < 1.29 is 15.0 Å². The van der Waals surface area contributed by atoms with Crippen molar-refractivity contribution in [3.8, 4) is 0 Å². The van der Waals surface area contributed by atoms with Gasteiger partial charge in [-0.05, 0) is 12.3 Å². The largest absolute Gasteiger partial charge is 0.465 e. The fourth-order valence-corrected chi connectivity index (χ4v) is 2.29. The molecule has 0 aromatic carbocycles. The van der Waals surface area contributed by atoms with Crippen LogP contribution in [-0.2, 0) is 0 Å². The van der Waals surface area contributed by atoms with Crippen LogP contribution in [0.4, 0.5) is 4.79 Å². The highest BCUT2D eigenvalue weighted by Gasteiger charge is 2.58. The summed E-state index contributed by atoms with van der Waals surface area (Å²) >= 11 is 0. The topological polar surface area (TPSA) is 60.8 Å². The van der Waals surface area contributed by atoms with Crippen LogP contribution in [-0.4, -0.2) is 40.4 Å². The highest BCUT2D eigenvalue weighted by molar-refractivity contribution is 5.66. The fourth-order valence-electron chi connectivity index (χ4n) is 2.29. The third kappa shape index (κ3) is 0.784. The maximum atomic E-state index is 10.5. The second-order valence-electron chi connectivity index (χ2n) is 4.06. The Hall–Kier alpha value is -0.770. The van der Waals surface area contributed by atoms with Crippen LogP contribution in [0.2, 0.25) is 0 Å². The molecule has 1 saturated heterocycles. The lowest BCUT2D eigenvalue weighted by Crippen LogP contribution is -2.69. The molecule has 0 bridgehead atoms. The van der Waals surface area contributed by atoms with Gasteiger partial charge in [0.2, 0.25) is 0 Å². The predicted molar refractivity (Wildman–Crippen MR) is 41.8 cm³/mol. The summed E-state index contributed by atoms with van der Waals surface area (Å²) in [4.78, 5) is 11.9. The van der Waals surface area contributed by atoms with E-state index in [-0.39, 0.29) is 17.4 Å². The molecule has 2 rings (SSSR count). The van der Waals surface area contributed by atoms with E-state index in [9.17, 15) is 9.90 Å². The van der Waals surface area contributed by atoms with Crippen molar-refractivity contribution in [2.45, 2.75) is 19.4 Å². The zero-order chi connectivity index (χ0) is 8.93. The number of aliphatic hydroxyl groups is 1. The summed E-state index contributed by atoms with van der Waals surface area (Å²) in [6.07, 6.45) is -0.270. The molecule has 0 aromatic heterocycles. The molecule has 1 amide bonds. The number of aliphatic hydroxyl groups excluding tert-OH is 1. The summed E-state index contributed by atoms with van der Waals surface area (Å²) in [6.45, 7) is 3.22. The Bertz CT molecular complexity index is 222. The van der Waals surface area contributed by atoms with E-state index in [1.165, 1.54) is 4.90 Å². The number of hydrogen-bond donors (Lipinski definition) is 2. The summed E-state index contributed by atoms with van der Waals surface area (Å²) in [7, 11) is 0. The molecule has 0 radical (unpaired) electrons. The molecule has 12 heavy (non-hydrogen) atoms. The Morgan fingerprint density at radius 1 is 1.58 bits per heavy atom. The highest BCUT2D eigenvalue weighted by atomic mass is 16.4. The Balaban J connectivity index is 1.92. The normalized spacial score (nSPS) is 37.3. The van der Waals surface area contributed by atoms with E-state index in [0.29, 0.717) is 13.1 Å². The van der Waals surface area contributed by atoms with E-state index in [0.717, 1.165) is 6.42 Å². The van der Waals surface area contributed by atoms with Gasteiger partial charge in [0.25, 0.3) is 0 Å². The van der Waals surface area contributed by atoms with Gasteiger partial charge >= 0.3 is 6.09 Å². The van der Waals surface area contributed by atoms with Gasteiger partial charge in [-0.2, -0.15) is 0 Å². The highest BCUT2D eigenvalue weighted by Crippen LogP contribution is 2.52. The number of amides is 1. The zero-order valence-electron chi connectivity index (χ0n) is 7.03. The quantitative estimate of drug-likeness (QED) is 0.553. The molecule has 68 valence electrons. The average molecular weight is 171 g/mol. The fraction of sp³-hybridized carbons (Fsp3) is 0.875. The van der Waals surface area contributed by atoms with Gasteiger partial charge < -0.3 is 15.1 Å². The molecule has 1 aliphatic carbocycles. The minimum Gasteiger partial charge on any atom is -0.465 e. The third-order valence-electron chi connectivity index (χ3n) is 3.44. The molecule has 1 aliphatic heterocycles. The number of nitrogens with zero attached hydrogens (tertiary/aromatic N) is 1. The third-order valence-corrected chi connectivity index (χ3v) is 3.44. The average Bonchev–Trinajstić information content (AvgIpc) is 1.93. The maximum Gasteiger partial charge on any atom is 0.407 e. The lowest BCUT2D eigenvalue weighted by molar-refractivity contribution is -0.167. The number of carboxylic acid groups (broad SMARTS) is 1. The number of likely N-dealkylation sites (tertiary alicyclic amines) is 1. The second-order valence-corrected chi connectivity index (χ2v) is 4.06. The van der Waals surface area contributed by atoms with Gasteiger partial charge in [-0.1, -0.05) is 6.92 Å². The minimum atomic E-state index is -0.839. The minimum absolute atomic E-state index is 0.123. The van der Waals surface area contributed by atoms with E-state index in [1.54, 1.807) is 0 Å². The molecule has 2 fully saturated rings. The molecule has 4 nitrogen and oxygen atoms in total. The van der Waals surface area contributed by atoms with E-state index in [1.807, 2.05) is 6.92 Å². The molecular weight excluding hydrogens is 158 g/mol. The summed E-state index contributed by atoms with van der Waals surface area (Å²) in [5.41, 5.74) is 0.123. The summed E-state index contributed by atoms with van der Waals surface area (Å²) in [6, 6.07) is 0. The first-order valence-corrected chi connectivity index (χ1v) is 4.21. The van der Waals surface area contributed by atoms with Gasteiger partial charge in [0.05, 0.1) is 6.10 Å². The number of carbonyl (C=O) groups is 1. The summed E-state index contributed by atoms with van der Waals surface area (Å²) < 4.78 is 0. The van der Waals surface area contributed by atoms with Crippen LogP contribution in [0.5, 0.6) is 0 Å². The monoisotopic (exact) mass is 171 g/mol. The van der Waals surface area contributed by atoms with Crippen molar-refractivity contribution in [3.05, 3.63) is 0 Å². The number of hydrogen-bond acceptors (Lipinski definition) is 2. The Kier molecular flexibility index (Phi) is 1.39. The Labute approximate surface area is 70.8 Å². The van der Waals surface area contributed by atoms with Crippen LogP contribution in [0.1, 0.15) is 13.3 Å². The van der Waals surface area contributed by atoms with Crippen LogP contribution in [0.15, 0.2) is 0 Å². The summed E-state index contributed by atoms with van der Waals surface area (Å²) in [5.74, 6) is 0.271. The van der Waals surface area contributed by atoms with Crippen LogP contribution in [0.3, 0.4) is 0 Å². The van der Waals surface area contributed by atoms with Crippen LogP contribution in [0.25, 0.3) is 0 Å². The van der Waals surface area contributed by atoms with E-state index < -0.39 is 6.09 Å². The smallest absolute Gasteiger partial charge is 0.407 e. The first kappa shape index (κ1) is 7.86. The molecule has 1 saturated carbocycles. The standard InChI is InChI=1S/C8H13NO3/c1-5-6(10)2-8(5)3-9(4-8)7(11)12/h5-6,10H,2-4H2,1H3,(H,11,12)/t5-,6-/m0/s1. The summed E-state index contributed by atoms with van der Waals surface area (Å²) in [5, 5.41) is 17.9. The molecule has 2 N–H and O–H groups in total. The molecule has 2 atom stereocenters. The van der Waals surface area contributed by atoms with Gasteiger partial charge in [-0.3, -0.25) is 0 Å². The van der Waals surface area contributed by atoms with Crippen molar-refractivity contribution in [2.24, 2.45) is 11.3 Å². The van der Waals surface area contributed by atoms with Crippen molar-refractivity contribution >= 4 is 6.09 Å². The molecule has 1 heterocycles. The molecule has 2 aliphatic rings. The van der Waals surface area contributed by atoms with Crippen molar-refractivity contribution in [1.29, 1.82) is 0 Å². The van der Waals surface area contributed by atoms with Crippen molar-refractivity contribution in [1.82, 2.24) is 4.90 Å². The van der Waals surface area contributed by atoms with Crippen molar-refractivity contribution in [3.63, 3.8) is 0 Å². The van der Waals surface area contributed by atoms with E-state index in [4.69, 9.17) is 5.11 Å². The first-order chi connectivity index (χ1) is 5.55. The van der Waals surface area contributed by atoms with Crippen LogP contribution in [0, 0.1) is 11.3 Å². The second kappa shape index (κ2) is 2.13. The van der Waals surface area contributed by atoms with Gasteiger partial charge in [0.15, 0.2) is 0 Å². The van der Waals surface area contributed by atoms with Gasteiger partial charge in [0, 0.05) is 18.5 Å². The zero-order valence-corrected chi connectivity index (χ0v) is 7.03. The maximum absolute atomic E-state index is 10.5.